The van der Waals surface area contributed by atoms with E-state index in [0.717, 1.165) is 47.8 Å². The number of benzene rings is 3. The lowest BCUT2D eigenvalue weighted by molar-refractivity contribution is -0.172. The molecule has 62 heavy (non-hydrogen) atoms. The Bertz CT molecular complexity index is 2910. The van der Waals surface area contributed by atoms with Gasteiger partial charge in [-0.1, -0.05) is 39.8 Å². The number of cyclic esters (lactones) is 1. The average Bonchev–Trinajstić information content (AvgIpc) is 3.83. The third kappa shape index (κ3) is 6.80. The number of esters is 1. The summed E-state index contributed by atoms with van der Waals surface area (Å²) in [5.41, 5.74) is 4.25. The number of fused-ring (bicyclic) bond motifs is 5. The van der Waals surface area contributed by atoms with Crippen molar-refractivity contribution in [3.8, 4) is 45.7 Å². The quantitative estimate of drug-likeness (QED) is 0.115. The van der Waals surface area contributed by atoms with Crippen LogP contribution < -0.4 is 16.0 Å². The molecule has 0 spiro atoms. The smallest absolute Gasteiger partial charge is 0.415 e. The number of ether oxygens (including phenoxy) is 2. The number of aryl methyl sites for hydroxylation is 2. The van der Waals surface area contributed by atoms with Crippen molar-refractivity contribution in [2.45, 2.75) is 90.9 Å². The number of aliphatic hydroxyl groups is 1. The summed E-state index contributed by atoms with van der Waals surface area (Å²) in [6.07, 6.45) is 3.72. The van der Waals surface area contributed by atoms with E-state index >= 15 is 0 Å². The number of phenolic OH excluding ortho intramolecular Hbond substituents is 2. The highest BCUT2D eigenvalue weighted by molar-refractivity contribution is 5.90. The third-order valence-electron chi connectivity index (χ3n) is 12.9. The number of nitrogens with zero attached hydrogens (tertiary/aromatic N) is 5. The number of piperidine rings is 1. The van der Waals surface area contributed by atoms with Crippen molar-refractivity contribution in [1.29, 1.82) is 0 Å². The number of H-pyrrole nitrogens is 1. The van der Waals surface area contributed by atoms with Crippen molar-refractivity contribution < 1.29 is 34.4 Å². The maximum absolute atomic E-state index is 13.7. The minimum atomic E-state index is -1.90. The van der Waals surface area contributed by atoms with E-state index < -0.39 is 23.4 Å². The van der Waals surface area contributed by atoms with Gasteiger partial charge in [-0.2, -0.15) is 5.10 Å². The molecule has 6 heterocycles. The first kappa shape index (κ1) is 40.7. The van der Waals surface area contributed by atoms with Gasteiger partial charge in [-0.3, -0.25) is 4.79 Å². The third-order valence-corrected chi connectivity index (χ3v) is 12.9. The minimum Gasteiger partial charge on any atom is -0.508 e. The number of phenols is 2. The second-order valence-electron chi connectivity index (χ2n) is 16.8. The summed E-state index contributed by atoms with van der Waals surface area (Å²) < 4.78 is 14.2. The van der Waals surface area contributed by atoms with Crippen LogP contribution in [0.3, 0.4) is 0 Å². The lowest BCUT2D eigenvalue weighted by atomic mass is 9.86. The number of hydrogen-bond donors (Lipinski definition) is 4. The van der Waals surface area contributed by atoms with Gasteiger partial charge in [-0.25, -0.2) is 29.0 Å². The number of amides is 1. The molecule has 1 fully saturated rings. The van der Waals surface area contributed by atoms with Crippen molar-refractivity contribution in [3.63, 3.8) is 0 Å². The fraction of sp³-hybridized carbons (Fsp3) is 0.362. The number of aromatic hydroxyl groups is 2. The Morgan fingerprint density at radius 3 is 2.45 bits per heavy atom. The number of nitrogens with one attached hydrogen (secondary N) is 1. The number of aromatic nitrogens is 5. The number of aromatic amines is 1. The number of rotatable bonds is 9. The van der Waals surface area contributed by atoms with Gasteiger partial charge in [0, 0.05) is 35.7 Å². The summed E-state index contributed by atoms with van der Waals surface area (Å²) >= 11 is 0. The predicted molar refractivity (Wildman–Crippen MR) is 230 cm³/mol. The highest BCUT2D eigenvalue weighted by Crippen LogP contribution is 2.41. The zero-order valence-corrected chi connectivity index (χ0v) is 35.0. The van der Waals surface area contributed by atoms with Crippen LogP contribution in [-0.4, -0.2) is 69.7 Å². The van der Waals surface area contributed by atoms with Gasteiger partial charge in [0.25, 0.3) is 5.56 Å². The number of likely N-dealkylation sites (tertiary alicyclic amines) is 1. The largest absolute Gasteiger partial charge is 0.508 e. The summed E-state index contributed by atoms with van der Waals surface area (Å²) in [5, 5.41) is 39.7. The first-order valence-corrected chi connectivity index (χ1v) is 21.2. The summed E-state index contributed by atoms with van der Waals surface area (Å²) in [6.45, 7) is 8.80. The Kier molecular flexibility index (Phi) is 10.2. The molecule has 1 unspecified atom stereocenters. The van der Waals surface area contributed by atoms with Crippen molar-refractivity contribution in [3.05, 3.63) is 115 Å². The Morgan fingerprint density at radius 2 is 1.74 bits per heavy atom. The average molecular weight is 841 g/mol. The van der Waals surface area contributed by atoms with E-state index in [-0.39, 0.29) is 59.5 Å². The second kappa shape index (κ2) is 15.6. The number of hydrogen-bond acceptors (Lipinski definition) is 11. The zero-order valence-electron chi connectivity index (χ0n) is 35.0. The highest BCUT2D eigenvalue weighted by atomic mass is 16.6. The molecule has 3 aromatic heterocycles. The Hall–Kier alpha value is -6.74. The Morgan fingerprint density at radius 1 is 0.984 bits per heavy atom. The molecule has 1 atom stereocenters. The molecule has 3 aliphatic rings. The van der Waals surface area contributed by atoms with Gasteiger partial charge in [0.05, 0.1) is 40.3 Å². The SMILES string of the molecule is CCc1c2c(nc3ccc(OC(=O)N4CCC(CCc5ccc(-n6c(-c7cc(C(C)C)c(O)cc7O)n[nH]c6=O)cc5)CC4)cc13)-c1cc3c(c(=O)n1C2)COC(=O)C3(O)CC. The van der Waals surface area contributed by atoms with Gasteiger partial charge >= 0.3 is 17.8 Å². The van der Waals surface area contributed by atoms with Crippen LogP contribution in [0.1, 0.15) is 92.7 Å². The number of pyridine rings is 2. The Labute approximate surface area is 356 Å². The van der Waals surface area contributed by atoms with Crippen molar-refractivity contribution in [2.24, 2.45) is 5.92 Å². The van der Waals surface area contributed by atoms with Crippen LogP contribution in [0.2, 0.25) is 0 Å². The first-order valence-electron chi connectivity index (χ1n) is 21.2. The van der Waals surface area contributed by atoms with E-state index in [4.69, 9.17) is 14.5 Å². The fourth-order valence-corrected chi connectivity index (χ4v) is 9.31. The molecule has 3 aromatic carbocycles. The molecule has 6 aromatic rings. The molecule has 0 bridgehead atoms. The van der Waals surface area contributed by atoms with Crippen molar-refractivity contribution >= 4 is 23.0 Å². The van der Waals surface area contributed by atoms with Gasteiger partial charge in [0.2, 0.25) is 0 Å². The van der Waals surface area contributed by atoms with Crippen LogP contribution in [-0.2, 0) is 41.1 Å². The zero-order chi connectivity index (χ0) is 43.6. The standard InChI is InChI=1S/C47H48N6O9/c1-5-30-32-19-29(13-14-37(32)48-41-34(30)23-52-38(41)21-36-35(43(52)56)24-61-44(57)47(36,60)6-2)62-46(59)51-17-15-27(16-18-51)8-7-26-9-11-28(12-10-26)53-42(49-50-45(53)58)33-20-31(25(3)4)39(54)22-40(33)55/h9-14,19-22,25,27,54-55,60H,5-8,15-18,23-24H2,1-4H3,(H,50,58). The minimum absolute atomic E-state index is 0.0116. The molecule has 15 nitrogen and oxygen atoms in total. The van der Waals surface area contributed by atoms with Crippen molar-refractivity contribution in [2.75, 3.05) is 13.1 Å². The van der Waals surface area contributed by atoms with Gasteiger partial charge in [-0.15, -0.1) is 0 Å². The summed E-state index contributed by atoms with van der Waals surface area (Å²) in [7, 11) is 0. The Balaban J connectivity index is 0.839. The normalized spacial score (nSPS) is 17.3. The molecule has 0 saturated carbocycles. The molecule has 3 aliphatic heterocycles. The molecule has 4 N–H and O–H groups in total. The van der Waals surface area contributed by atoms with Crippen LogP contribution in [0.15, 0.2) is 70.3 Å². The van der Waals surface area contributed by atoms with E-state index in [1.165, 1.54) is 10.6 Å². The molecule has 0 radical (unpaired) electrons. The number of carbonyl (C=O) groups excluding carboxylic acids is 2. The van der Waals surface area contributed by atoms with E-state index in [2.05, 4.69) is 10.2 Å². The fourth-order valence-electron chi connectivity index (χ4n) is 9.31. The lowest BCUT2D eigenvalue weighted by Crippen LogP contribution is -2.44. The molecule has 15 heteroatoms. The number of carbonyl (C=O) groups is 2. The van der Waals surface area contributed by atoms with E-state index in [1.54, 1.807) is 34.6 Å². The molecular formula is C47H48N6O9. The topological polar surface area (TPSA) is 202 Å². The van der Waals surface area contributed by atoms with E-state index in [0.29, 0.717) is 64.9 Å². The van der Waals surface area contributed by atoms with Crippen LogP contribution in [0.25, 0.3) is 39.4 Å². The summed E-state index contributed by atoms with van der Waals surface area (Å²) in [5.74, 6) is 0.0906. The van der Waals surface area contributed by atoms with Gasteiger partial charge in [0.1, 0.15) is 23.9 Å². The lowest BCUT2D eigenvalue weighted by Gasteiger charge is -2.31. The van der Waals surface area contributed by atoms with Crippen LogP contribution >= 0.6 is 0 Å². The van der Waals surface area contributed by atoms with Crippen LogP contribution in [0.4, 0.5) is 4.79 Å². The second-order valence-corrected chi connectivity index (χ2v) is 16.8. The maximum Gasteiger partial charge on any atom is 0.415 e. The van der Waals surface area contributed by atoms with Gasteiger partial charge in [0.15, 0.2) is 11.4 Å². The van der Waals surface area contributed by atoms with Gasteiger partial charge in [-0.05, 0) is 110 Å². The first-order chi connectivity index (χ1) is 29.8. The molecular weight excluding hydrogens is 793 g/mol. The van der Waals surface area contributed by atoms with Crippen LogP contribution in [0, 0.1) is 5.92 Å². The summed E-state index contributed by atoms with van der Waals surface area (Å²) in [6, 6.07) is 17.7. The van der Waals surface area contributed by atoms with E-state index in [1.807, 2.05) is 57.2 Å². The molecule has 1 amide bonds. The molecule has 320 valence electrons. The molecule has 1 saturated heterocycles. The predicted octanol–water partition coefficient (Wildman–Crippen LogP) is 6.56. The molecule has 9 rings (SSSR count). The van der Waals surface area contributed by atoms with E-state index in [9.17, 15) is 34.5 Å². The summed E-state index contributed by atoms with van der Waals surface area (Å²) in [4.78, 5) is 59.3. The monoisotopic (exact) mass is 840 g/mol. The van der Waals surface area contributed by atoms with Gasteiger partial charge < -0.3 is 34.3 Å². The molecule has 0 aliphatic carbocycles. The van der Waals surface area contributed by atoms with Crippen molar-refractivity contribution in [1.82, 2.24) is 29.2 Å². The van der Waals surface area contributed by atoms with Crippen LogP contribution in [0.5, 0.6) is 17.2 Å². The highest BCUT2D eigenvalue weighted by Gasteiger charge is 2.45. The maximum atomic E-state index is 13.7.